The van der Waals surface area contributed by atoms with Gasteiger partial charge in [-0.05, 0) is 55.9 Å². The highest BCUT2D eigenvalue weighted by atomic mass is 16.4. The van der Waals surface area contributed by atoms with Gasteiger partial charge in [0.1, 0.15) is 11.5 Å². The molecular formula is C29H28N6O2. The molecule has 3 atom stereocenters. The van der Waals surface area contributed by atoms with Crippen LogP contribution >= 0.6 is 0 Å². The zero-order chi connectivity index (χ0) is 25.3. The Bertz CT molecular complexity index is 1670. The third-order valence-electron chi connectivity index (χ3n) is 8.25. The van der Waals surface area contributed by atoms with E-state index in [0.29, 0.717) is 6.42 Å². The molecule has 37 heavy (non-hydrogen) atoms. The minimum atomic E-state index is -0.656. The van der Waals surface area contributed by atoms with Crippen LogP contribution in [0.1, 0.15) is 24.8 Å². The van der Waals surface area contributed by atoms with E-state index in [0.717, 1.165) is 69.5 Å². The number of aliphatic carboxylic acids is 1. The lowest BCUT2D eigenvalue weighted by molar-refractivity contribution is -0.146. The molecule has 5 aromatic rings. The van der Waals surface area contributed by atoms with E-state index in [2.05, 4.69) is 53.3 Å². The van der Waals surface area contributed by atoms with Crippen LogP contribution < -0.4 is 4.90 Å². The van der Waals surface area contributed by atoms with Crippen LogP contribution in [0, 0.1) is 18.8 Å². The number of anilines is 1. The fourth-order valence-corrected chi connectivity index (χ4v) is 6.46. The number of pyridine rings is 1. The Morgan fingerprint density at radius 3 is 2.65 bits per heavy atom. The lowest BCUT2D eigenvalue weighted by Crippen LogP contribution is -2.54. The Morgan fingerprint density at radius 2 is 1.89 bits per heavy atom. The molecule has 8 rings (SSSR count). The summed E-state index contributed by atoms with van der Waals surface area (Å²) >= 11 is 0. The second kappa shape index (κ2) is 8.16. The number of rotatable bonds is 4. The van der Waals surface area contributed by atoms with E-state index in [1.54, 1.807) is 0 Å². The fraction of sp³-hybridized carbons (Fsp3) is 0.310. The summed E-state index contributed by atoms with van der Waals surface area (Å²) in [6.07, 6.45) is 6.66. The normalized spacial score (nSPS) is 21.2. The number of piperidine rings is 2. The molecule has 186 valence electrons. The predicted molar refractivity (Wildman–Crippen MR) is 143 cm³/mol. The van der Waals surface area contributed by atoms with Gasteiger partial charge in [-0.3, -0.25) is 9.48 Å². The van der Waals surface area contributed by atoms with Crippen molar-refractivity contribution >= 4 is 33.6 Å². The Morgan fingerprint density at radius 1 is 1.03 bits per heavy atom. The van der Waals surface area contributed by atoms with Crippen LogP contribution in [0.3, 0.4) is 0 Å². The van der Waals surface area contributed by atoms with Gasteiger partial charge in [-0.15, -0.1) is 0 Å². The third-order valence-corrected chi connectivity index (χ3v) is 8.25. The van der Waals surface area contributed by atoms with Gasteiger partial charge in [0.05, 0.1) is 28.8 Å². The quantitative estimate of drug-likeness (QED) is 0.381. The molecule has 1 aliphatic carbocycles. The highest BCUT2D eigenvalue weighted by Crippen LogP contribution is 2.41. The average molecular weight is 493 g/mol. The summed E-state index contributed by atoms with van der Waals surface area (Å²) < 4.78 is 3.84. The van der Waals surface area contributed by atoms with Gasteiger partial charge in [0, 0.05) is 42.2 Å². The van der Waals surface area contributed by atoms with Gasteiger partial charge in [-0.25, -0.2) is 9.67 Å². The van der Waals surface area contributed by atoms with E-state index >= 15 is 0 Å². The van der Waals surface area contributed by atoms with Crippen molar-refractivity contribution in [2.75, 3.05) is 11.4 Å². The first-order chi connectivity index (χ1) is 18.0. The van der Waals surface area contributed by atoms with Gasteiger partial charge >= 0.3 is 5.97 Å². The van der Waals surface area contributed by atoms with Gasteiger partial charge in [0.15, 0.2) is 0 Å². The molecule has 2 aliphatic heterocycles. The fourth-order valence-electron chi connectivity index (χ4n) is 6.46. The number of aryl methyl sites for hydroxylation is 2. The molecule has 8 nitrogen and oxygen atoms in total. The monoisotopic (exact) mass is 492 g/mol. The molecule has 1 saturated carbocycles. The maximum atomic E-state index is 11.7. The standard InChI is InChI=1S/C29H28N6O2/c1-17-5-3-7-22-27(21-6-4-8-25-24(21)16-33(2)31-25)32-35(28(17)22)20-11-12-26(30-14-20)34-15-18-9-10-19(34)13-23(18)29(36)37/h3-8,11-12,14,16,18-19,23H,9-10,13,15H2,1-2H3,(H,36,37)/t18-,19-,23-/m0/s1. The van der Waals surface area contributed by atoms with Gasteiger partial charge < -0.3 is 10.0 Å². The first kappa shape index (κ1) is 22.0. The van der Waals surface area contributed by atoms with Gasteiger partial charge in [-0.2, -0.15) is 10.2 Å². The molecule has 0 spiro atoms. The van der Waals surface area contributed by atoms with E-state index in [-0.39, 0.29) is 17.9 Å². The summed E-state index contributed by atoms with van der Waals surface area (Å²) in [4.78, 5) is 18.8. The highest BCUT2D eigenvalue weighted by Gasteiger charge is 2.44. The number of benzene rings is 2. The number of hydrogen-bond donors (Lipinski definition) is 1. The molecule has 3 aliphatic rings. The van der Waals surface area contributed by atoms with Crippen molar-refractivity contribution in [3.05, 3.63) is 66.5 Å². The Labute approximate surface area is 214 Å². The van der Waals surface area contributed by atoms with E-state index < -0.39 is 5.97 Å². The molecule has 3 fully saturated rings. The molecule has 2 aromatic carbocycles. The van der Waals surface area contributed by atoms with Crippen LogP contribution in [0.2, 0.25) is 0 Å². The predicted octanol–water partition coefficient (Wildman–Crippen LogP) is 4.97. The molecule has 0 amide bonds. The Hall–Kier alpha value is -4.20. The molecular weight excluding hydrogens is 464 g/mol. The van der Waals surface area contributed by atoms with Crippen molar-refractivity contribution < 1.29 is 9.90 Å². The van der Waals surface area contributed by atoms with E-state index in [1.807, 2.05) is 40.9 Å². The Balaban J connectivity index is 1.29. The van der Waals surface area contributed by atoms with Gasteiger partial charge in [-0.1, -0.05) is 30.3 Å². The molecule has 1 N–H and O–H groups in total. The summed E-state index contributed by atoms with van der Waals surface area (Å²) in [5.74, 6) is 0.224. The van der Waals surface area contributed by atoms with Crippen LogP contribution in [-0.2, 0) is 11.8 Å². The van der Waals surface area contributed by atoms with Crippen LogP contribution in [-0.4, -0.2) is 48.2 Å². The van der Waals surface area contributed by atoms with Crippen molar-refractivity contribution in [3.63, 3.8) is 0 Å². The molecule has 2 saturated heterocycles. The number of fused-ring (bicyclic) bond motifs is 5. The lowest BCUT2D eigenvalue weighted by atomic mass is 9.72. The number of nitrogens with zero attached hydrogens (tertiary/aromatic N) is 6. The zero-order valence-electron chi connectivity index (χ0n) is 20.9. The second-order valence-electron chi connectivity index (χ2n) is 10.5. The number of carboxylic acids is 1. The maximum absolute atomic E-state index is 11.7. The topological polar surface area (TPSA) is 89.1 Å². The lowest BCUT2D eigenvalue weighted by Gasteiger charge is -2.48. The number of para-hydroxylation sites is 1. The summed E-state index contributed by atoms with van der Waals surface area (Å²) in [6.45, 7) is 2.87. The highest BCUT2D eigenvalue weighted by molar-refractivity contribution is 6.03. The zero-order valence-corrected chi connectivity index (χ0v) is 20.9. The molecule has 3 aromatic heterocycles. The molecule has 2 bridgehead atoms. The molecule has 5 heterocycles. The smallest absolute Gasteiger partial charge is 0.306 e. The SMILES string of the molecule is Cc1cccc2c(-c3cccc4nn(C)cc34)nn(-c3ccc(N4C[C@@H]5CC[C@H]4C[C@@H]5C(=O)O)nc3)c12. The van der Waals surface area contributed by atoms with Crippen molar-refractivity contribution in [2.24, 2.45) is 18.9 Å². The third kappa shape index (κ3) is 3.43. The van der Waals surface area contributed by atoms with Crippen LogP contribution in [0.4, 0.5) is 5.82 Å². The van der Waals surface area contributed by atoms with Crippen LogP contribution in [0.15, 0.2) is 60.9 Å². The summed E-state index contributed by atoms with van der Waals surface area (Å²) in [7, 11) is 1.94. The summed E-state index contributed by atoms with van der Waals surface area (Å²) in [6, 6.07) is 16.8. The first-order valence-corrected chi connectivity index (χ1v) is 12.8. The van der Waals surface area contributed by atoms with Crippen LogP contribution in [0.25, 0.3) is 38.8 Å². The van der Waals surface area contributed by atoms with Gasteiger partial charge in [0.25, 0.3) is 0 Å². The van der Waals surface area contributed by atoms with E-state index in [4.69, 9.17) is 10.1 Å². The minimum Gasteiger partial charge on any atom is -0.481 e. The minimum absolute atomic E-state index is 0.194. The number of hydrogen-bond acceptors (Lipinski definition) is 5. The molecule has 0 radical (unpaired) electrons. The van der Waals surface area contributed by atoms with Crippen molar-refractivity contribution in [1.82, 2.24) is 24.5 Å². The van der Waals surface area contributed by atoms with E-state index in [1.165, 1.54) is 0 Å². The van der Waals surface area contributed by atoms with E-state index in [9.17, 15) is 9.90 Å². The Kier molecular flexibility index (Phi) is 4.86. The number of carboxylic acid groups (broad SMARTS) is 1. The average Bonchev–Trinajstić information content (AvgIpc) is 3.50. The van der Waals surface area contributed by atoms with Crippen molar-refractivity contribution in [1.29, 1.82) is 0 Å². The molecule has 0 unspecified atom stereocenters. The van der Waals surface area contributed by atoms with Crippen molar-refractivity contribution in [2.45, 2.75) is 32.2 Å². The summed E-state index contributed by atoms with van der Waals surface area (Å²) in [5, 5.41) is 21.5. The maximum Gasteiger partial charge on any atom is 0.306 e. The largest absolute Gasteiger partial charge is 0.481 e. The van der Waals surface area contributed by atoms with Crippen LogP contribution in [0.5, 0.6) is 0 Å². The van der Waals surface area contributed by atoms with Crippen molar-refractivity contribution in [3.8, 4) is 16.9 Å². The summed E-state index contributed by atoms with van der Waals surface area (Å²) in [5.41, 5.74) is 6.04. The first-order valence-electron chi connectivity index (χ1n) is 12.8. The number of carbonyl (C=O) groups is 1. The van der Waals surface area contributed by atoms with Gasteiger partial charge in [0.2, 0.25) is 0 Å². The second-order valence-corrected chi connectivity index (χ2v) is 10.5. The number of aromatic nitrogens is 5. The molecule has 8 heteroatoms.